The number of nitrogens with zero attached hydrogens (tertiary/aromatic N) is 1. The predicted molar refractivity (Wildman–Crippen MR) is 115 cm³/mol. The molecule has 0 amide bonds. The molecule has 0 aliphatic carbocycles. The van der Waals surface area contributed by atoms with Gasteiger partial charge in [0, 0.05) is 30.2 Å². The zero-order valence-corrected chi connectivity index (χ0v) is 18.3. The standard InChI is InChI=1S/C22H18ClF2NO5S/c1-26(32(29,30)19-4-2-3-16(23)10-19)12-14-5-6-21(31-13-22(27)28)20(7-14)15-8-17(24)11-18(25)9-15/h2-11H,12-13H2,1H3,(H,27,28). The Morgan fingerprint density at radius 2 is 1.75 bits per heavy atom. The summed E-state index contributed by atoms with van der Waals surface area (Å²) in [6.45, 7) is -0.730. The van der Waals surface area contributed by atoms with Crippen LogP contribution in [0.4, 0.5) is 8.78 Å². The molecule has 0 spiro atoms. The molecule has 6 nitrogen and oxygen atoms in total. The summed E-state index contributed by atoms with van der Waals surface area (Å²) in [5.41, 5.74) is 0.821. The lowest BCUT2D eigenvalue weighted by Gasteiger charge is -2.19. The molecule has 0 bridgehead atoms. The molecule has 3 aromatic rings. The highest BCUT2D eigenvalue weighted by Gasteiger charge is 2.22. The van der Waals surface area contributed by atoms with Crippen LogP contribution in [-0.4, -0.2) is 37.5 Å². The van der Waals surface area contributed by atoms with Crippen molar-refractivity contribution in [3.63, 3.8) is 0 Å². The molecule has 3 aromatic carbocycles. The van der Waals surface area contributed by atoms with E-state index < -0.39 is 34.2 Å². The summed E-state index contributed by atoms with van der Waals surface area (Å²) in [6.07, 6.45) is 0. The molecule has 0 atom stereocenters. The van der Waals surface area contributed by atoms with Crippen molar-refractivity contribution in [2.24, 2.45) is 0 Å². The zero-order valence-electron chi connectivity index (χ0n) is 16.8. The fourth-order valence-electron chi connectivity index (χ4n) is 3.03. The molecule has 0 aromatic heterocycles. The van der Waals surface area contributed by atoms with E-state index in [1.54, 1.807) is 12.1 Å². The third-order valence-corrected chi connectivity index (χ3v) is 6.51. The molecule has 3 rings (SSSR count). The van der Waals surface area contributed by atoms with Crippen molar-refractivity contribution in [1.82, 2.24) is 4.31 Å². The van der Waals surface area contributed by atoms with E-state index in [0.717, 1.165) is 16.4 Å². The predicted octanol–water partition coefficient (Wildman–Crippen LogP) is 4.57. The van der Waals surface area contributed by atoms with Gasteiger partial charge in [-0.2, -0.15) is 4.31 Å². The minimum atomic E-state index is -3.86. The topological polar surface area (TPSA) is 83.9 Å². The fraction of sp³-hybridized carbons (Fsp3) is 0.136. The summed E-state index contributed by atoms with van der Waals surface area (Å²) in [5, 5.41) is 9.16. The van der Waals surface area contributed by atoms with Gasteiger partial charge in [0.05, 0.1) is 4.90 Å². The van der Waals surface area contributed by atoms with E-state index in [4.69, 9.17) is 21.4 Å². The molecule has 0 unspecified atom stereocenters. The van der Waals surface area contributed by atoms with Gasteiger partial charge < -0.3 is 9.84 Å². The van der Waals surface area contributed by atoms with E-state index in [-0.39, 0.29) is 33.3 Å². The van der Waals surface area contributed by atoms with Crippen LogP contribution in [0.2, 0.25) is 5.02 Å². The molecule has 0 saturated carbocycles. The average molecular weight is 482 g/mol. The summed E-state index contributed by atoms with van der Waals surface area (Å²) in [7, 11) is -2.48. The van der Waals surface area contributed by atoms with E-state index >= 15 is 0 Å². The van der Waals surface area contributed by atoms with Crippen molar-refractivity contribution in [2.45, 2.75) is 11.4 Å². The number of halogens is 3. The Morgan fingerprint density at radius 3 is 2.38 bits per heavy atom. The van der Waals surface area contributed by atoms with E-state index in [2.05, 4.69) is 0 Å². The quantitative estimate of drug-likeness (QED) is 0.509. The lowest BCUT2D eigenvalue weighted by atomic mass is 10.0. The zero-order chi connectivity index (χ0) is 23.5. The molecular formula is C22H18ClF2NO5S. The molecule has 0 saturated heterocycles. The van der Waals surface area contributed by atoms with Crippen LogP contribution in [0.1, 0.15) is 5.56 Å². The summed E-state index contributed by atoms with van der Waals surface area (Å²) >= 11 is 5.90. The van der Waals surface area contributed by atoms with Gasteiger partial charge in [0.1, 0.15) is 17.4 Å². The third-order valence-electron chi connectivity index (χ3n) is 4.48. The van der Waals surface area contributed by atoms with Gasteiger partial charge in [0.15, 0.2) is 6.61 Å². The number of carboxylic acids is 1. The third kappa shape index (κ3) is 5.61. The minimum absolute atomic E-state index is 0.0151. The maximum absolute atomic E-state index is 13.8. The first kappa shape index (κ1) is 23.6. The summed E-state index contributed by atoms with van der Waals surface area (Å²) in [5.74, 6) is -2.79. The van der Waals surface area contributed by atoms with Crippen LogP contribution in [-0.2, 0) is 21.4 Å². The molecule has 0 heterocycles. The highest BCUT2D eigenvalue weighted by atomic mass is 35.5. The molecule has 0 aliphatic heterocycles. The van der Waals surface area contributed by atoms with Crippen LogP contribution >= 0.6 is 11.6 Å². The van der Waals surface area contributed by atoms with Crippen molar-refractivity contribution in [2.75, 3.05) is 13.7 Å². The minimum Gasteiger partial charge on any atom is -0.481 e. The van der Waals surface area contributed by atoms with Crippen molar-refractivity contribution < 1.29 is 31.8 Å². The van der Waals surface area contributed by atoms with E-state index in [0.29, 0.717) is 11.6 Å². The molecule has 0 fully saturated rings. The van der Waals surface area contributed by atoms with E-state index in [1.807, 2.05) is 0 Å². The highest BCUT2D eigenvalue weighted by molar-refractivity contribution is 7.89. The Bertz CT molecular complexity index is 1250. The Labute approximate surface area is 188 Å². The van der Waals surface area contributed by atoms with Gasteiger partial charge >= 0.3 is 5.97 Å². The Hall–Kier alpha value is -3.01. The van der Waals surface area contributed by atoms with Crippen molar-refractivity contribution in [3.05, 3.63) is 82.9 Å². The molecule has 168 valence electrons. The fourth-order valence-corrected chi connectivity index (χ4v) is 4.49. The Kier molecular flexibility index (Phi) is 7.12. The number of ether oxygens (including phenoxy) is 1. The maximum atomic E-state index is 13.8. The number of aliphatic carboxylic acids is 1. The van der Waals surface area contributed by atoms with Crippen LogP contribution in [0, 0.1) is 11.6 Å². The monoisotopic (exact) mass is 481 g/mol. The molecule has 0 aliphatic rings. The number of sulfonamides is 1. The summed E-state index contributed by atoms with van der Waals surface area (Å²) in [4.78, 5) is 10.9. The van der Waals surface area contributed by atoms with Gasteiger partial charge in [-0.1, -0.05) is 23.7 Å². The van der Waals surface area contributed by atoms with Crippen LogP contribution < -0.4 is 4.74 Å². The van der Waals surface area contributed by atoms with E-state index in [9.17, 15) is 22.0 Å². The molecule has 0 radical (unpaired) electrons. The summed E-state index contributed by atoms with van der Waals surface area (Å²) < 4.78 is 59.6. The molecular weight excluding hydrogens is 464 g/mol. The largest absolute Gasteiger partial charge is 0.481 e. The highest BCUT2D eigenvalue weighted by Crippen LogP contribution is 2.33. The number of hydrogen-bond donors (Lipinski definition) is 1. The number of carboxylic acid groups (broad SMARTS) is 1. The maximum Gasteiger partial charge on any atom is 0.341 e. The van der Waals surface area contributed by atoms with Crippen LogP contribution in [0.15, 0.2) is 65.6 Å². The van der Waals surface area contributed by atoms with Gasteiger partial charge in [-0.15, -0.1) is 0 Å². The first-order chi connectivity index (χ1) is 15.1. The lowest BCUT2D eigenvalue weighted by Crippen LogP contribution is -2.26. The average Bonchev–Trinajstić information content (AvgIpc) is 2.72. The Morgan fingerprint density at radius 1 is 1.06 bits per heavy atom. The molecule has 10 heteroatoms. The van der Waals surface area contributed by atoms with Crippen LogP contribution in [0.5, 0.6) is 5.75 Å². The smallest absolute Gasteiger partial charge is 0.341 e. The second kappa shape index (κ2) is 9.64. The van der Waals surface area contributed by atoms with Crippen molar-refractivity contribution in [1.29, 1.82) is 0 Å². The number of benzene rings is 3. The number of hydrogen-bond acceptors (Lipinski definition) is 4. The van der Waals surface area contributed by atoms with Crippen LogP contribution in [0.25, 0.3) is 11.1 Å². The van der Waals surface area contributed by atoms with Crippen molar-refractivity contribution >= 4 is 27.6 Å². The lowest BCUT2D eigenvalue weighted by molar-refractivity contribution is -0.139. The van der Waals surface area contributed by atoms with Gasteiger partial charge in [-0.3, -0.25) is 0 Å². The SMILES string of the molecule is CN(Cc1ccc(OCC(=O)O)c(-c2cc(F)cc(F)c2)c1)S(=O)(=O)c1cccc(Cl)c1. The second-order valence-corrected chi connectivity index (χ2v) is 9.37. The van der Waals surface area contributed by atoms with Gasteiger partial charge in [-0.05, 0) is 53.6 Å². The second-order valence-electron chi connectivity index (χ2n) is 6.89. The molecule has 32 heavy (non-hydrogen) atoms. The number of rotatable bonds is 8. The van der Waals surface area contributed by atoms with Crippen molar-refractivity contribution in [3.8, 4) is 16.9 Å². The first-order valence-electron chi connectivity index (χ1n) is 9.22. The van der Waals surface area contributed by atoms with E-state index in [1.165, 1.54) is 37.4 Å². The Balaban J connectivity index is 1.97. The number of carbonyl (C=O) groups is 1. The summed E-state index contributed by atoms with van der Waals surface area (Å²) in [6, 6.07) is 13.1. The van der Waals surface area contributed by atoms with Gasteiger partial charge in [0.25, 0.3) is 0 Å². The normalized spacial score (nSPS) is 11.5. The van der Waals surface area contributed by atoms with Crippen LogP contribution in [0.3, 0.4) is 0 Å². The van der Waals surface area contributed by atoms with Gasteiger partial charge in [-0.25, -0.2) is 22.0 Å². The first-order valence-corrected chi connectivity index (χ1v) is 11.0. The van der Waals surface area contributed by atoms with Gasteiger partial charge in [0.2, 0.25) is 10.0 Å². The molecule has 1 N–H and O–H groups in total.